The van der Waals surface area contributed by atoms with Crippen LogP contribution in [0.2, 0.25) is 0 Å². The summed E-state index contributed by atoms with van der Waals surface area (Å²) in [6, 6.07) is 0. The van der Waals surface area contributed by atoms with Crippen molar-refractivity contribution in [3.63, 3.8) is 0 Å². The number of carbonyl (C=O) groups is 1. The Balaban J connectivity index is 2.80. The van der Waals surface area contributed by atoms with Crippen LogP contribution in [0.25, 0.3) is 0 Å². The van der Waals surface area contributed by atoms with Gasteiger partial charge in [0.2, 0.25) is 0 Å². The number of cyclic esters (lactones) is 1. The van der Waals surface area contributed by atoms with Crippen LogP contribution in [0.5, 0.6) is 0 Å². The van der Waals surface area contributed by atoms with Gasteiger partial charge in [0.15, 0.2) is 0 Å². The fourth-order valence-corrected chi connectivity index (χ4v) is 0.552. The number of rotatable bonds is 0. The van der Waals surface area contributed by atoms with Crippen molar-refractivity contribution >= 4 is 5.97 Å². The van der Waals surface area contributed by atoms with Crippen molar-refractivity contribution in [2.75, 3.05) is 0 Å². The number of alkyl halides is 2. The van der Waals surface area contributed by atoms with Crippen molar-refractivity contribution in [2.24, 2.45) is 0 Å². The van der Waals surface area contributed by atoms with Crippen molar-refractivity contribution < 1.29 is 21.1 Å². The Morgan fingerprint density at radius 1 is 2.11 bits per heavy atom. The van der Waals surface area contributed by atoms with Crippen LogP contribution in [0.4, 0.5) is 8.78 Å². The molecular formula is C5H6F2O2. The van der Waals surface area contributed by atoms with E-state index in [1.54, 1.807) is 0 Å². The van der Waals surface area contributed by atoms with Crippen LogP contribution in [0.3, 0.4) is 0 Å². The van der Waals surface area contributed by atoms with Gasteiger partial charge in [-0.05, 0) is 6.90 Å². The van der Waals surface area contributed by atoms with E-state index in [-0.39, 0.29) is 0 Å². The molecule has 0 spiro atoms. The van der Waals surface area contributed by atoms with Gasteiger partial charge in [-0.15, -0.1) is 0 Å². The van der Waals surface area contributed by atoms with Gasteiger partial charge in [-0.1, -0.05) is 0 Å². The number of ether oxygens (including phenoxy) is 1. The summed E-state index contributed by atoms with van der Waals surface area (Å²) in [4.78, 5) is 10.3. The minimum absolute atomic E-state index is 0.491. The Bertz CT molecular complexity index is 185. The maximum Gasteiger partial charge on any atom is 0.377 e. The van der Waals surface area contributed by atoms with Crippen LogP contribution < -0.4 is 0 Å². The SMILES string of the molecule is [3H]C[C@H]1OC(=O)C(F)(F)[C@H]1[3H]. The largest absolute Gasteiger partial charge is 0.458 e. The third-order valence-corrected chi connectivity index (χ3v) is 0.926. The predicted molar refractivity (Wildman–Crippen MR) is 25.1 cm³/mol. The Hall–Kier alpha value is -0.670. The summed E-state index contributed by atoms with van der Waals surface area (Å²) in [7, 11) is 0. The molecule has 1 saturated heterocycles. The Labute approximate surface area is 53.6 Å². The van der Waals surface area contributed by atoms with Gasteiger partial charge in [0.1, 0.15) is 6.10 Å². The molecule has 1 heterocycles. The standard InChI is InChI=1S/C5H6F2O2/c1-3-2-5(6,7)4(8)9-3/h3H,2H2,1H3/t3-/m1/s1/i1T,2T/t2-,3+/m0. The monoisotopic (exact) mass is 140 g/mol. The highest BCUT2D eigenvalue weighted by molar-refractivity contribution is 5.79. The van der Waals surface area contributed by atoms with Crippen LogP contribution in [0.15, 0.2) is 0 Å². The second-order valence-electron chi connectivity index (χ2n) is 1.73. The topological polar surface area (TPSA) is 26.3 Å². The fourth-order valence-electron chi connectivity index (χ4n) is 0.552. The fraction of sp³-hybridized carbons (Fsp3) is 0.800. The number of carbonyl (C=O) groups excluding carboxylic acids is 1. The van der Waals surface area contributed by atoms with Gasteiger partial charge in [-0.25, -0.2) is 4.79 Å². The average molecular weight is 140 g/mol. The van der Waals surface area contributed by atoms with Gasteiger partial charge in [-0.2, -0.15) is 8.78 Å². The number of halogens is 2. The molecule has 2 atom stereocenters. The molecule has 1 aliphatic heterocycles. The molecule has 0 unspecified atom stereocenters. The maximum absolute atomic E-state index is 12.4. The molecule has 0 aromatic heterocycles. The molecule has 0 saturated carbocycles. The first-order valence-electron chi connectivity index (χ1n) is 3.59. The first-order valence-corrected chi connectivity index (χ1v) is 2.30. The van der Waals surface area contributed by atoms with Crippen LogP contribution in [0.1, 0.15) is 16.0 Å². The molecule has 0 bridgehead atoms. The minimum Gasteiger partial charge on any atom is -0.458 e. The van der Waals surface area contributed by atoms with Gasteiger partial charge in [0.05, 0.1) is 6.40 Å². The number of esters is 1. The molecule has 0 radical (unpaired) electrons. The molecule has 1 rings (SSSR count). The zero-order valence-corrected chi connectivity index (χ0v) is 4.43. The van der Waals surface area contributed by atoms with Crippen LogP contribution in [-0.4, -0.2) is 18.0 Å². The van der Waals surface area contributed by atoms with E-state index < -0.39 is 31.3 Å². The third kappa shape index (κ3) is 1.01. The number of hydrogen-bond acceptors (Lipinski definition) is 2. The maximum atomic E-state index is 12.4. The van der Waals surface area contributed by atoms with Crippen LogP contribution in [0, 0.1) is 0 Å². The Morgan fingerprint density at radius 2 is 2.78 bits per heavy atom. The average Bonchev–Trinajstić information content (AvgIpc) is 2.14. The van der Waals surface area contributed by atoms with Crippen molar-refractivity contribution in [1.29, 1.82) is 0 Å². The molecule has 0 N–H and O–H groups in total. The second kappa shape index (κ2) is 1.65. The molecule has 0 aromatic carbocycles. The van der Waals surface area contributed by atoms with E-state index in [4.69, 9.17) is 2.74 Å². The van der Waals surface area contributed by atoms with E-state index in [9.17, 15) is 13.6 Å². The van der Waals surface area contributed by atoms with Gasteiger partial charge >= 0.3 is 11.9 Å². The summed E-state index contributed by atoms with van der Waals surface area (Å²) < 4.78 is 42.4. The normalized spacial score (nSPS) is 43.6. The smallest absolute Gasteiger partial charge is 0.377 e. The summed E-state index contributed by atoms with van der Waals surface area (Å²) in [5.74, 6) is -5.42. The van der Waals surface area contributed by atoms with E-state index in [0.717, 1.165) is 0 Å². The van der Waals surface area contributed by atoms with Gasteiger partial charge in [0, 0.05) is 2.74 Å². The Kier molecular flexibility index (Phi) is 0.770. The molecule has 0 aromatic rings. The van der Waals surface area contributed by atoms with Crippen molar-refractivity contribution in [3.8, 4) is 0 Å². The Morgan fingerprint density at radius 3 is 3.00 bits per heavy atom. The lowest BCUT2D eigenvalue weighted by molar-refractivity contribution is -0.158. The van der Waals surface area contributed by atoms with Crippen LogP contribution >= 0.6 is 0 Å². The van der Waals surface area contributed by atoms with E-state index >= 15 is 0 Å². The number of hydrogen-bond donors (Lipinski definition) is 0. The summed E-state index contributed by atoms with van der Waals surface area (Å²) in [5, 5.41) is 0. The highest BCUT2D eigenvalue weighted by atomic mass is 19.3. The highest BCUT2D eigenvalue weighted by Gasteiger charge is 2.49. The molecule has 1 aliphatic rings. The third-order valence-electron chi connectivity index (χ3n) is 0.926. The predicted octanol–water partition coefficient (Wildman–Crippen LogP) is 0.957. The lowest BCUT2D eigenvalue weighted by atomic mass is 10.2. The zero-order valence-electron chi connectivity index (χ0n) is 6.43. The van der Waals surface area contributed by atoms with Gasteiger partial charge in [0.25, 0.3) is 0 Å². The van der Waals surface area contributed by atoms with E-state index in [1.165, 1.54) is 0 Å². The molecule has 1 fully saturated rings. The summed E-state index contributed by atoms with van der Waals surface area (Å²) in [6.45, 7) is -0.491. The zero-order chi connectivity index (χ0) is 8.65. The van der Waals surface area contributed by atoms with E-state index in [2.05, 4.69) is 4.74 Å². The molecule has 0 aliphatic carbocycles. The van der Waals surface area contributed by atoms with Gasteiger partial charge < -0.3 is 4.74 Å². The van der Waals surface area contributed by atoms with Crippen molar-refractivity contribution in [1.82, 2.24) is 0 Å². The van der Waals surface area contributed by atoms with Crippen molar-refractivity contribution in [3.05, 3.63) is 0 Å². The first-order chi connectivity index (χ1) is 5.00. The second-order valence-corrected chi connectivity index (χ2v) is 1.73. The quantitative estimate of drug-likeness (QED) is 0.468. The van der Waals surface area contributed by atoms with Gasteiger partial charge in [-0.3, -0.25) is 0 Å². The lowest BCUT2D eigenvalue weighted by Gasteiger charge is -1.98. The first kappa shape index (κ1) is 4.19. The van der Waals surface area contributed by atoms with Crippen LogP contribution in [-0.2, 0) is 9.53 Å². The molecule has 9 heavy (non-hydrogen) atoms. The van der Waals surface area contributed by atoms with E-state index in [1.807, 2.05) is 0 Å². The molecule has 2 nitrogen and oxygen atoms in total. The minimum atomic E-state index is -3.73. The molecule has 52 valence electrons. The summed E-state index contributed by atoms with van der Waals surface area (Å²) in [6.07, 6.45) is -3.20. The molecule has 0 amide bonds. The highest BCUT2D eigenvalue weighted by Crippen LogP contribution is 2.30. The summed E-state index contributed by atoms with van der Waals surface area (Å²) >= 11 is 0. The van der Waals surface area contributed by atoms with E-state index in [0.29, 0.717) is 0 Å². The van der Waals surface area contributed by atoms with Crippen molar-refractivity contribution in [2.45, 2.75) is 25.3 Å². The molecule has 4 heteroatoms. The molecular weight excluding hydrogens is 130 g/mol. The summed E-state index contributed by atoms with van der Waals surface area (Å²) in [5.41, 5.74) is 0. The lowest BCUT2D eigenvalue weighted by Crippen LogP contribution is -2.21.